The molecule has 64 valence electrons. The third-order valence-corrected chi connectivity index (χ3v) is 2.71. The molecule has 1 aliphatic heterocycles. The summed E-state index contributed by atoms with van der Waals surface area (Å²) in [6.07, 6.45) is 3.32. The summed E-state index contributed by atoms with van der Waals surface area (Å²) in [6.45, 7) is 0.928. The molecule has 1 saturated carbocycles. The molecule has 1 nitrogen and oxygen atoms in total. The molecule has 0 aromatic rings. The van der Waals surface area contributed by atoms with Crippen molar-refractivity contribution in [3.8, 4) is 0 Å². The van der Waals surface area contributed by atoms with Crippen LogP contribution in [0.5, 0.6) is 0 Å². The maximum atomic E-state index is 12.5. The second-order valence-corrected chi connectivity index (χ2v) is 3.63. The van der Waals surface area contributed by atoms with Crippen LogP contribution in [0.3, 0.4) is 0 Å². The smallest absolute Gasteiger partial charge is 0.253 e. The average molecular weight is 161 g/mol. The fourth-order valence-electron chi connectivity index (χ4n) is 1.89. The van der Waals surface area contributed by atoms with Crippen LogP contribution in [0.1, 0.15) is 25.7 Å². The van der Waals surface area contributed by atoms with Crippen LogP contribution >= 0.6 is 0 Å². The summed E-state index contributed by atoms with van der Waals surface area (Å²) in [5, 5.41) is 3.16. The van der Waals surface area contributed by atoms with E-state index >= 15 is 0 Å². The largest absolute Gasteiger partial charge is 0.313 e. The van der Waals surface area contributed by atoms with Crippen molar-refractivity contribution in [1.82, 2.24) is 5.32 Å². The highest BCUT2D eigenvalue weighted by atomic mass is 19.3. The van der Waals surface area contributed by atoms with Gasteiger partial charge in [-0.1, -0.05) is 6.42 Å². The SMILES string of the molecule is FC1(F)CC1C1CCCCN1. The molecule has 2 fully saturated rings. The first-order valence-corrected chi connectivity index (χ1v) is 4.31. The topological polar surface area (TPSA) is 12.0 Å². The molecule has 0 spiro atoms. The fraction of sp³-hybridized carbons (Fsp3) is 1.00. The van der Waals surface area contributed by atoms with Gasteiger partial charge in [-0.25, -0.2) is 8.78 Å². The summed E-state index contributed by atoms with van der Waals surface area (Å²) in [4.78, 5) is 0. The van der Waals surface area contributed by atoms with Gasteiger partial charge in [0, 0.05) is 18.4 Å². The lowest BCUT2D eigenvalue weighted by Gasteiger charge is -2.22. The Morgan fingerprint density at radius 3 is 2.45 bits per heavy atom. The highest BCUT2D eigenvalue weighted by Crippen LogP contribution is 2.51. The molecule has 1 aliphatic carbocycles. The number of rotatable bonds is 1. The predicted molar refractivity (Wildman–Crippen MR) is 38.7 cm³/mol. The van der Waals surface area contributed by atoms with Gasteiger partial charge in [-0.15, -0.1) is 0 Å². The Bertz CT molecular complexity index is 152. The fourth-order valence-corrected chi connectivity index (χ4v) is 1.89. The Kier molecular flexibility index (Phi) is 1.63. The first-order chi connectivity index (χ1) is 5.20. The highest BCUT2D eigenvalue weighted by Gasteiger charge is 2.60. The van der Waals surface area contributed by atoms with E-state index in [2.05, 4.69) is 5.32 Å². The maximum absolute atomic E-state index is 12.5. The van der Waals surface area contributed by atoms with Crippen LogP contribution in [0, 0.1) is 5.92 Å². The van der Waals surface area contributed by atoms with E-state index in [0.29, 0.717) is 0 Å². The number of hydrogen-bond acceptors (Lipinski definition) is 1. The minimum absolute atomic E-state index is 0.110. The lowest BCUT2D eigenvalue weighted by atomic mass is 10.0. The Morgan fingerprint density at radius 2 is 2.00 bits per heavy atom. The van der Waals surface area contributed by atoms with Crippen LogP contribution in [0.15, 0.2) is 0 Å². The summed E-state index contributed by atoms with van der Waals surface area (Å²) in [5.41, 5.74) is 0. The second kappa shape index (κ2) is 2.41. The molecular formula is C8H13F2N. The molecule has 0 bridgehead atoms. The quantitative estimate of drug-likeness (QED) is 0.618. The Balaban J connectivity index is 1.86. The van der Waals surface area contributed by atoms with E-state index in [0.717, 1.165) is 25.8 Å². The van der Waals surface area contributed by atoms with Gasteiger partial charge in [0.2, 0.25) is 0 Å². The van der Waals surface area contributed by atoms with Crippen molar-refractivity contribution in [3.05, 3.63) is 0 Å². The molecule has 0 aromatic carbocycles. The van der Waals surface area contributed by atoms with E-state index in [4.69, 9.17) is 0 Å². The van der Waals surface area contributed by atoms with Crippen molar-refractivity contribution in [2.45, 2.75) is 37.6 Å². The average Bonchev–Trinajstić information content (AvgIpc) is 2.62. The zero-order valence-electron chi connectivity index (χ0n) is 6.45. The van der Waals surface area contributed by atoms with E-state index in [1.807, 2.05) is 0 Å². The molecular weight excluding hydrogens is 148 g/mol. The number of halogens is 2. The summed E-state index contributed by atoms with van der Waals surface area (Å²) < 4.78 is 25.1. The Labute approximate surface area is 65.2 Å². The van der Waals surface area contributed by atoms with Crippen LogP contribution in [0.2, 0.25) is 0 Å². The molecule has 0 aromatic heterocycles. The minimum Gasteiger partial charge on any atom is -0.313 e. The molecule has 2 rings (SSSR count). The zero-order valence-corrected chi connectivity index (χ0v) is 6.45. The van der Waals surface area contributed by atoms with Crippen LogP contribution in [-0.4, -0.2) is 18.5 Å². The molecule has 3 heteroatoms. The van der Waals surface area contributed by atoms with Gasteiger partial charge in [0.25, 0.3) is 5.92 Å². The van der Waals surface area contributed by atoms with Crippen molar-refractivity contribution in [2.75, 3.05) is 6.54 Å². The Morgan fingerprint density at radius 1 is 1.27 bits per heavy atom. The monoisotopic (exact) mass is 161 g/mol. The number of hydrogen-bond donors (Lipinski definition) is 1. The normalized spacial score (nSPS) is 42.0. The molecule has 1 N–H and O–H groups in total. The van der Waals surface area contributed by atoms with Gasteiger partial charge in [0.15, 0.2) is 0 Å². The van der Waals surface area contributed by atoms with E-state index in [1.54, 1.807) is 0 Å². The third-order valence-electron chi connectivity index (χ3n) is 2.71. The van der Waals surface area contributed by atoms with Gasteiger partial charge in [-0.05, 0) is 19.4 Å². The number of alkyl halides is 2. The molecule has 1 saturated heterocycles. The second-order valence-electron chi connectivity index (χ2n) is 3.63. The number of nitrogens with one attached hydrogen (secondary N) is 1. The van der Waals surface area contributed by atoms with E-state index < -0.39 is 5.92 Å². The van der Waals surface area contributed by atoms with E-state index in [1.165, 1.54) is 0 Å². The van der Waals surface area contributed by atoms with Gasteiger partial charge in [-0.3, -0.25) is 0 Å². The summed E-state index contributed by atoms with van der Waals surface area (Å²) >= 11 is 0. The minimum atomic E-state index is -2.34. The van der Waals surface area contributed by atoms with Gasteiger partial charge in [0.1, 0.15) is 0 Å². The molecule has 11 heavy (non-hydrogen) atoms. The maximum Gasteiger partial charge on any atom is 0.253 e. The van der Waals surface area contributed by atoms with Gasteiger partial charge < -0.3 is 5.32 Å². The first-order valence-electron chi connectivity index (χ1n) is 4.31. The first kappa shape index (κ1) is 7.47. The molecule has 2 aliphatic rings. The molecule has 1 heterocycles. The van der Waals surface area contributed by atoms with Crippen molar-refractivity contribution < 1.29 is 8.78 Å². The van der Waals surface area contributed by atoms with Crippen LogP contribution in [-0.2, 0) is 0 Å². The van der Waals surface area contributed by atoms with E-state index in [-0.39, 0.29) is 18.4 Å². The third kappa shape index (κ3) is 1.39. The lowest BCUT2D eigenvalue weighted by molar-refractivity contribution is 0.0864. The van der Waals surface area contributed by atoms with Crippen LogP contribution in [0.25, 0.3) is 0 Å². The lowest BCUT2D eigenvalue weighted by Crippen LogP contribution is -2.37. The summed E-state index contributed by atoms with van der Waals surface area (Å²) in [7, 11) is 0. The standard InChI is InChI=1S/C8H13F2N/c9-8(10)5-6(8)7-3-1-2-4-11-7/h6-7,11H,1-5H2. The predicted octanol–water partition coefficient (Wildman–Crippen LogP) is 1.78. The molecule has 0 amide bonds. The van der Waals surface area contributed by atoms with Gasteiger partial charge in [-0.2, -0.15) is 0 Å². The number of piperidine rings is 1. The van der Waals surface area contributed by atoms with Crippen molar-refractivity contribution in [3.63, 3.8) is 0 Å². The molecule has 2 atom stereocenters. The van der Waals surface area contributed by atoms with Crippen LogP contribution < -0.4 is 5.32 Å². The highest BCUT2D eigenvalue weighted by molar-refractivity contribution is 5.02. The summed E-state index contributed by atoms with van der Waals surface area (Å²) in [6, 6.07) is 0.110. The van der Waals surface area contributed by atoms with Gasteiger partial charge >= 0.3 is 0 Å². The van der Waals surface area contributed by atoms with E-state index in [9.17, 15) is 8.78 Å². The Hall–Kier alpha value is -0.180. The van der Waals surface area contributed by atoms with Crippen LogP contribution in [0.4, 0.5) is 8.78 Å². The molecule has 2 unspecified atom stereocenters. The van der Waals surface area contributed by atoms with Crippen molar-refractivity contribution >= 4 is 0 Å². The van der Waals surface area contributed by atoms with Crippen molar-refractivity contribution in [1.29, 1.82) is 0 Å². The van der Waals surface area contributed by atoms with Crippen molar-refractivity contribution in [2.24, 2.45) is 5.92 Å². The molecule has 0 radical (unpaired) electrons. The summed E-state index contributed by atoms with van der Waals surface area (Å²) in [5.74, 6) is -2.68. The van der Waals surface area contributed by atoms with Gasteiger partial charge in [0.05, 0.1) is 0 Å². The zero-order chi connectivity index (χ0) is 7.90.